The molecule has 0 saturated heterocycles. The van der Waals surface area contributed by atoms with Gasteiger partial charge < -0.3 is 10.8 Å². The van der Waals surface area contributed by atoms with Crippen LogP contribution in [0.25, 0.3) is 0 Å². The molecule has 0 amide bonds. The minimum atomic E-state index is -3.67. The van der Waals surface area contributed by atoms with E-state index in [0.717, 1.165) is 0 Å². The molecule has 1 unspecified atom stereocenters. The van der Waals surface area contributed by atoms with Crippen molar-refractivity contribution < 1.29 is 13.5 Å². The summed E-state index contributed by atoms with van der Waals surface area (Å²) in [5.41, 5.74) is 2.96. The topological polar surface area (TPSA) is 104 Å². The van der Waals surface area contributed by atoms with Gasteiger partial charge in [-0.25, -0.2) is 8.42 Å². The molecular weight excluding hydrogens is 168 g/mol. The summed E-state index contributed by atoms with van der Waals surface area (Å²) in [6.45, 7) is 2.84. The van der Waals surface area contributed by atoms with Gasteiger partial charge in [0.1, 0.15) is 5.84 Å². The van der Waals surface area contributed by atoms with Crippen molar-refractivity contribution in [1.82, 2.24) is 0 Å². The summed E-state index contributed by atoms with van der Waals surface area (Å²) >= 11 is 0. The highest BCUT2D eigenvalue weighted by Crippen LogP contribution is 2.05. The van der Waals surface area contributed by atoms with E-state index in [0.29, 0.717) is 0 Å². The van der Waals surface area contributed by atoms with Gasteiger partial charge in [-0.1, -0.05) is 0 Å². The highest BCUT2D eigenvalue weighted by atomic mass is 32.2. The summed E-state index contributed by atoms with van der Waals surface area (Å²) in [6, 6.07) is 0. The van der Waals surface area contributed by atoms with Gasteiger partial charge in [0, 0.05) is 0 Å². The van der Waals surface area contributed by atoms with Crippen LogP contribution in [0.4, 0.5) is 0 Å². The molecule has 0 aromatic rings. The van der Waals surface area contributed by atoms with Crippen molar-refractivity contribution in [1.29, 1.82) is 5.41 Å². The minimum absolute atomic E-state index is 0.721. The molecule has 11 heavy (non-hydrogen) atoms. The predicted molar refractivity (Wildman–Crippen MR) is 42.0 cm³/mol. The number of aliphatic hydroxyl groups excluding tert-OH is 1. The number of rotatable bonds is 3. The number of aliphatic hydroxyl groups is 1. The number of nitrogens with one attached hydrogen (secondary N) is 1. The van der Waals surface area contributed by atoms with E-state index >= 15 is 0 Å². The van der Waals surface area contributed by atoms with Crippen LogP contribution in [-0.4, -0.2) is 30.0 Å². The SMILES string of the molecule is CC(C)S(=O)(=O)C(O)C(=N)N. The summed E-state index contributed by atoms with van der Waals surface area (Å²) in [5, 5.41) is 14.9. The Morgan fingerprint density at radius 3 is 2.00 bits per heavy atom. The van der Waals surface area contributed by atoms with Crippen molar-refractivity contribution in [3.05, 3.63) is 0 Å². The van der Waals surface area contributed by atoms with Crippen molar-refractivity contribution in [2.24, 2.45) is 5.73 Å². The van der Waals surface area contributed by atoms with Gasteiger partial charge >= 0.3 is 0 Å². The van der Waals surface area contributed by atoms with Gasteiger partial charge in [-0.3, -0.25) is 5.41 Å². The van der Waals surface area contributed by atoms with Crippen molar-refractivity contribution in [3.8, 4) is 0 Å². The van der Waals surface area contributed by atoms with Crippen LogP contribution in [0, 0.1) is 5.41 Å². The maximum atomic E-state index is 11.0. The molecule has 1 atom stereocenters. The molecule has 6 heteroatoms. The average molecular weight is 180 g/mol. The summed E-state index contributed by atoms with van der Waals surface area (Å²) in [5.74, 6) is -0.737. The summed E-state index contributed by atoms with van der Waals surface area (Å²) in [7, 11) is -3.67. The number of nitrogens with two attached hydrogens (primary N) is 1. The Balaban J connectivity index is 4.72. The first kappa shape index (κ1) is 10.4. The lowest BCUT2D eigenvalue weighted by Crippen LogP contribution is -2.38. The number of hydrogen-bond acceptors (Lipinski definition) is 4. The van der Waals surface area contributed by atoms with Crippen molar-refractivity contribution in [2.45, 2.75) is 24.5 Å². The Labute approximate surface area is 65.6 Å². The molecular formula is C5H12N2O3S. The molecule has 66 valence electrons. The van der Waals surface area contributed by atoms with Crippen LogP contribution in [0.5, 0.6) is 0 Å². The minimum Gasteiger partial charge on any atom is -0.385 e. The summed E-state index contributed by atoms with van der Waals surface area (Å²) in [6.07, 6.45) is 0. The van der Waals surface area contributed by atoms with E-state index < -0.39 is 26.4 Å². The van der Waals surface area contributed by atoms with Crippen LogP contribution >= 0.6 is 0 Å². The molecule has 0 saturated carbocycles. The van der Waals surface area contributed by atoms with Crippen LogP contribution in [0.1, 0.15) is 13.8 Å². The normalized spacial score (nSPS) is 14.9. The zero-order chi connectivity index (χ0) is 9.23. The molecule has 0 aliphatic rings. The second kappa shape index (κ2) is 3.19. The fraction of sp³-hybridized carbons (Fsp3) is 0.800. The van der Waals surface area contributed by atoms with E-state index in [9.17, 15) is 8.42 Å². The molecule has 0 radical (unpaired) electrons. The van der Waals surface area contributed by atoms with E-state index in [1.807, 2.05) is 0 Å². The Hall–Kier alpha value is -0.620. The van der Waals surface area contributed by atoms with Gasteiger partial charge in [-0.15, -0.1) is 0 Å². The maximum absolute atomic E-state index is 11.0. The van der Waals surface area contributed by atoms with E-state index in [1.54, 1.807) is 0 Å². The third kappa shape index (κ3) is 2.16. The fourth-order valence-electron chi connectivity index (χ4n) is 0.435. The molecule has 0 fully saturated rings. The second-order valence-electron chi connectivity index (χ2n) is 2.45. The number of sulfone groups is 1. The van der Waals surface area contributed by atoms with Crippen LogP contribution in [0.15, 0.2) is 0 Å². The van der Waals surface area contributed by atoms with Crippen molar-refractivity contribution in [3.63, 3.8) is 0 Å². The smallest absolute Gasteiger partial charge is 0.212 e. The lowest BCUT2D eigenvalue weighted by atomic mass is 10.6. The van der Waals surface area contributed by atoms with Gasteiger partial charge in [0.15, 0.2) is 9.84 Å². The molecule has 0 heterocycles. The molecule has 5 nitrogen and oxygen atoms in total. The lowest BCUT2D eigenvalue weighted by molar-refractivity contribution is 0.306. The molecule has 0 rings (SSSR count). The molecule has 0 spiro atoms. The quantitative estimate of drug-likeness (QED) is 0.385. The van der Waals surface area contributed by atoms with E-state index in [1.165, 1.54) is 13.8 Å². The third-order valence-corrected chi connectivity index (χ3v) is 3.42. The van der Waals surface area contributed by atoms with Gasteiger partial charge in [0.25, 0.3) is 0 Å². The zero-order valence-corrected chi connectivity index (χ0v) is 7.22. The van der Waals surface area contributed by atoms with Gasteiger partial charge in [0.05, 0.1) is 5.25 Å². The Kier molecular flexibility index (Phi) is 3.01. The van der Waals surface area contributed by atoms with Gasteiger partial charge in [-0.2, -0.15) is 0 Å². The highest BCUT2D eigenvalue weighted by molar-refractivity contribution is 7.93. The second-order valence-corrected chi connectivity index (χ2v) is 5.01. The third-order valence-electron chi connectivity index (χ3n) is 1.23. The zero-order valence-electron chi connectivity index (χ0n) is 6.40. The first-order valence-electron chi connectivity index (χ1n) is 3.04. The largest absolute Gasteiger partial charge is 0.385 e. The summed E-state index contributed by atoms with van der Waals surface area (Å²) in [4.78, 5) is 0. The predicted octanol–water partition coefficient (Wildman–Crippen LogP) is -0.936. The standard InChI is InChI=1S/C5H12N2O3S/c1-3(2)11(9,10)5(8)4(6)7/h3,5,8H,1-2H3,(H3,6,7). The van der Waals surface area contributed by atoms with Gasteiger partial charge in [0.2, 0.25) is 5.44 Å². The van der Waals surface area contributed by atoms with Gasteiger partial charge in [-0.05, 0) is 13.8 Å². The van der Waals surface area contributed by atoms with E-state index in [4.69, 9.17) is 16.2 Å². The molecule has 4 N–H and O–H groups in total. The number of hydrogen-bond donors (Lipinski definition) is 3. The fourth-order valence-corrected chi connectivity index (χ4v) is 1.30. The van der Waals surface area contributed by atoms with Crippen LogP contribution in [0.3, 0.4) is 0 Å². The average Bonchev–Trinajstić information content (AvgIpc) is 1.85. The van der Waals surface area contributed by atoms with Crippen molar-refractivity contribution >= 4 is 15.7 Å². The van der Waals surface area contributed by atoms with Crippen LogP contribution < -0.4 is 5.73 Å². The molecule has 0 bridgehead atoms. The monoisotopic (exact) mass is 180 g/mol. The van der Waals surface area contributed by atoms with Crippen molar-refractivity contribution in [2.75, 3.05) is 0 Å². The first-order valence-corrected chi connectivity index (χ1v) is 4.65. The van der Waals surface area contributed by atoms with Crippen LogP contribution in [-0.2, 0) is 9.84 Å². The Morgan fingerprint density at radius 1 is 1.55 bits per heavy atom. The molecule has 0 aliphatic heterocycles. The van der Waals surface area contributed by atoms with Crippen LogP contribution in [0.2, 0.25) is 0 Å². The molecule has 0 aromatic carbocycles. The first-order chi connectivity index (χ1) is 4.80. The lowest BCUT2D eigenvalue weighted by Gasteiger charge is -2.12. The molecule has 0 aliphatic carbocycles. The summed E-state index contributed by atoms with van der Waals surface area (Å²) < 4.78 is 22.0. The van der Waals surface area contributed by atoms with E-state index in [-0.39, 0.29) is 0 Å². The Bertz CT molecular complexity index is 244. The maximum Gasteiger partial charge on any atom is 0.212 e. The Morgan fingerprint density at radius 2 is 1.91 bits per heavy atom. The number of amidine groups is 1. The highest BCUT2D eigenvalue weighted by Gasteiger charge is 2.28. The molecule has 0 aromatic heterocycles. The van der Waals surface area contributed by atoms with E-state index in [2.05, 4.69) is 0 Å².